The fourth-order valence-corrected chi connectivity index (χ4v) is 3.43. The van der Waals surface area contributed by atoms with Crippen LogP contribution in [0.5, 0.6) is 0 Å². The highest BCUT2D eigenvalue weighted by Crippen LogP contribution is 2.25. The molecule has 0 unspecified atom stereocenters. The third kappa shape index (κ3) is 9.77. The highest BCUT2D eigenvalue weighted by molar-refractivity contribution is 6.03. The molecule has 1 aromatic carbocycles. The number of carbonyl (C=O) groups is 2. The summed E-state index contributed by atoms with van der Waals surface area (Å²) in [5.74, 6) is 0.288. The Morgan fingerprint density at radius 3 is 1.37 bits per heavy atom. The first-order valence-corrected chi connectivity index (χ1v) is 11.4. The highest BCUT2D eigenvalue weighted by atomic mass is 16.6. The van der Waals surface area contributed by atoms with E-state index in [4.69, 9.17) is 9.47 Å². The van der Waals surface area contributed by atoms with Crippen LogP contribution < -0.4 is 0 Å². The van der Waals surface area contributed by atoms with Gasteiger partial charge in [0, 0.05) is 0 Å². The lowest BCUT2D eigenvalue weighted by Gasteiger charge is -2.27. The Bertz CT molecular complexity index is 627. The smallest absolute Gasteiger partial charge is 0.339 e. The molecule has 0 heterocycles. The minimum atomic E-state index is -0.584. The first-order chi connectivity index (χ1) is 13.8. The summed E-state index contributed by atoms with van der Waals surface area (Å²) < 4.78 is 11.5. The van der Waals surface area contributed by atoms with Crippen molar-refractivity contribution in [2.75, 3.05) is 0 Å². The molecule has 170 valence electrons. The van der Waals surface area contributed by atoms with E-state index in [0.29, 0.717) is 11.8 Å². The molecule has 0 fully saturated rings. The Hall–Kier alpha value is -1.84. The molecule has 0 aromatic heterocycles. The predicted octanol–water partition coefficient (Wildman–Crippen LogP) is 7.21. The molecule has 1 aromatic rings. The molecule has 0 saturated heterocycles. The van der Waals surface area contributed by atoms with Crippen LogP contribution in [0.2, 0.25) is 0 Å². The van der Waals surface area contributed by atoms with E-state index in [9.17, 15) is 9.59 Å². The maximum absolute atomic E-state index is 12.9. The first kappa shape index (κ1) is 26.2. The van der Waals surface area contributed by atoms with E-state index in [1.165, 1.54) is 0 Å². The van der Waals surface area contributed by atoms with Crippen molar-refractivity contribution in [1.82, 2.24) is 0 Å². The number of esters is 2. The van der Waals surface area contributed by atoms with E-state index in [1.54, 1.807) is 24.3 Å². The van der Waals surface area contributed by atoms with Gasteiger partial charge < -0.3 is 9.47 Å². The zero-order valence-corrected chi connectivity index (χ0v) is 20.3. The van der Waals surface area contributed by atoms with Crippen LogP contribution in [0.25, 0.3) is 0 Å². The van der Waals surface area contributed by atoms with Crippen LogP contribution in [0.15, 0.2) is 24.3 Å². The molecule has 0 amide bonds. The Kier molecular flexibility index (Phi) is 10.1. The van der Waals surface area contributed by atoms with Crippen LogP contribution in [0, 0.1) is 11.8 Å². The molecule has 0 bridgehead atoms. The fourth-order valence-electron chi connectivity index (χ4n) is 3.43. The highest BCUT2D eigenvalue weighted by Gasteiger charge is 2.29. The summed E-state index contributed by atoms with van der Waals surface area (Å²) in [4.78, 5) is 25.7. The van der Waals surface area contributed by atoms with E-state index in [0.717, 1.165) is 38.5 Å². The molecule has 4 heteroatoms. The van der Waals surface area contributed by atoms with Gasteiger partial charge in [0.05, 0.1) is 11.1 Å². The van der Waals surface area contributed by atoms with Crippen LogP contribution in [0.4, 0.5) is 0 Å². The van der Waals surface area contributed by atoms with E-state index in [1.807, 2.05) is 27.7 Å². The summed E-state index contributed by atoms with van der Waals surface area (Å²) in [6.45, 7) is 16.4. The van der Waals surface area contributed by atoms with Gasteiger partial charge in [-0.05, 0) is 77.3 Å². The van der Waals surface area contributed by atoms with E-state index in [-0.39, 0.29) is 11.1 Å². The molecule has 0 aliphatic rings. The molecule has 4 nitrogen and oxygen atoms in total. The Balaban J connectivity index is 2.83. The van der Waals surface area contributed by atoms with Crippen LogP contribution in [0.1, 0.15) is 115 Å². The second kappa shape index (κ2) is 11.5. The molecule has 1 rings (SSSR count). The van der Waals surface area contributed by atoms with Gasteiger partial charge in [0.15, 0.2) is 0 Å². The number of benzene rings is 1. The molecule has 0 spiro atoms. The van der Waals surface area contributed by atoms with Crippen LogP contribution in [0.3, 0.4) is 0 Å². The molecule has 30 heavy (non-hydrogen) atoms. The molecule has 0 aliphatic heterocycles. The van der Waals surface area contributed by atoms with Gasteiger partial charge in [-0.2, -0.15) is 0 Å². The standard InChI is InChI=1S/C26H42O4/c1-19(2)13-11-17-25(5,6)29-23(27)21-15-9-10-16-22(21)24(28)30-26(7,8)18-12-14-20(3)4/h9-10,15-16,19-20H,11-14,17-18H2,1-8H3. The average molecular weight is 419 g/mol. The second-order valence-electron chi connectivity index (χ2n) is 10.4. The largest absolute Gasteiger partial charge is 0.456 e. The molecule has 0 saturated carbocycles. The topological polar surface area (TPSA) is 52.6 Å². The summed E-state index contributed by atoms with van der Waals surface area (Å²) in [6.07, 6.45) is 5.74. The Labute approximate surface area is 183 Å². The van der Waals surface area contributed by atoms with Gasteiger partial charge in [-0.1, -0.05) is 52.7 Å². The summed E-state index contributed by atoms with van der Waals surface area (Å²) in [5.41, 5.74) is -0.645. The van der Waals surface area contributed by atoms with Gasteiger partial charge in [0.1, 0.15) is 11.2 Å². The van der Waals surface area contributed by atoms with E-state index < -0.39 is 23.1 Å². The second-order valence-corrected chi connectivity index (χ2v) is 10.4. The lowest BCUT2D eigenvalue weighted by molar-refractivity contribution is -0.0105. The van der Waals surface area contributed by atoms with Gasteiger partial charge in [-0.15, -0.1) is 0 Å². The third-order valence-electron chi connectivity index (χ3n) is 5.23. The monoisotopic (exact) mass is 418 g/mol. The number of carbonyl (C=O) groups excluding carboxylic acids is 2. The van der Waals surface area contributed by atoms with Gasteiger partial charge in [-0.3, -0.25) is 0 Å². The Morgan fingerprint density at radius 2 is 1.07 bits per heavy atom. The van der Waals surface area contributed by atoms with E-state index >= 15 is 0 Å². The number of hydrogen-bond acceptors (Lipinski definition) is 4. The molecular formula is C26H42O4. The zero-order valence-electron chi connectivity index (χ0n) is 20.3. The van der Waals surface area contributed by atoms with Gasteiger partial charge in [0.2, 0.25) is 0 Å². The molecule has 0 radical (unpaired) electrons. The van der Waals surface area contributed by atoms with Crippen LogP contribution >= 0.6 is 0 Å². The first-order valence-electron chi connectivity index (χ1n) is 11.4. The molecular weight excluding hydrogens is 376 g/mol. The van der Waals surface area contributed by atoms with Gasteiger partial charge >= 0.3 is 11.9 Å². The van der Waals surface area contributed by atoms with Crippen molar-refractivity contribution in [2.45, 2.75) is 105 Å². The minimum Gasteiger partial charge on any atom is -0.456 e. The lowest BCUT2D eigenvalue weighted by Crippen LogP contribution is -2.31. The van der Waals surface area contributed by atoms with Crippen molar-refractivity contribution < 1.29 is 19.1 Å². The van der Waals surface area contributed by atoms with Crippen molar-refractivity contribution in [3.63, 3.8) is 0 Å². The minimum absolute atomic E-state index is 0.261. The zero-order chi connectivity index (χ0) is 22.9. The summed E-state index contributed by atoms with van der Waals surface area (Å²) in [5, 5.41) is 0. The summed E-state index contributed by atoms with van der Waals surface area (Å²) in [7, 11) is 0. The number of ether oxygens (including phenoxy) is 2. The number of hydrogen-bond donors (Lipinski definition) is 0. The van der Waals surface area contributed by atoms with Crippen LogP contribution in [-0.4, -0.2) is 23.1 Å². The van der Waals surface area contributed by atoms with Crippen molar-refractivity contribution in [3.8, 4) is 0 Å². The predicted molar refractivity (Wildman–Crippen MR) is 123 cm³/mol. The SMILES string of the molecule is CC(C)CCCC(C)(C)OC(=O)c1ccccc1C(=O)OC(C)(C)CCCC(C)C. The lowest BCUT2D eigenvalue weighted by atomic mass is 9.97. The normalized spacial score (nSPS) is 12.3. The van der Waals surface area contributed by atoms with Gasteiger partial charge in [0.25, 0.3) is 0 Å². The molecule has 0 aliphatic carbocycles. The van der Waals surface area contributed by atoms with Crippen molar-refractivity contribution in [1.29, 1.82) is 0 Å². The molecule has 0 N–H and O–H groups in total. The average Bonchev–Trinajstić information content (AvgIpc) is 2.59. The summed E-state index contributed by atoms with van der Waals surface area (Å²) >= 11 is 0. The van der Waals surface area contributed by atoms with E-state index in [2.05, 4.69) is 27.7 Å². The van der Waals surface area contributed by atoms with Gasteiger partial charge in [-0.25, -0.2) is 9.59 Å². The number of rotatable bonds is 12. The van der Waals surface area contributed by atoms with Crippen molar-refractivity contribution >= 4 is 11.9 Å². The van der Waals surface area contributed by atoms with Crippen LogP contribution in [-0.2, 0) is 9.47 Å². The summed E-state index contributed by atoms with van der Waals surface area (Å²) in [6, 6.07) is 6.75. The third-order valence-corrected chi connectivity index (χ3v) is 5.23. The fraction of sp³-hybridized carbons (Fsp3) is 0.692. The molecule has 0 atom stereocenters. The van der Waals surface area contributed by atoms with Crippen molar-refractivity contribution in [2.24, 2.45) is 11.8 Å². The quantitative estimate of drug-likeness (QED) is 0.336. The maximum atomic E-state index is 12.9. The Morgan fingerprint density at radius 1 is 0.733 bits per heavy atom. The maximum Gasteiger partial charge on any atom is 0.339 e. The van der Waals surface area contributed by atoms with Crippen molar-refractivity contribution in [3.05, 3.63) is 35.4 Å².